The second-order valence-corrected chi connectivity index (χ2v) is 5.32. The van der Waals surface area contributed by atoms with Crippen LogP contribution in [0.3, 0.4) is 0 Å². The zero-order valence-corrected chi connectivity index (χ0v) is 12.4. The molecule has 0 aliphatic heterocycles. The number of benzene rings is 2. The Hall–Kier alpha value is -2.27. The monoisotopic (exact) mass is 300 g/mol. The van der Waals surface area contributed by atoms with Gasteiger partial charge in [-0.3, -0.25) is 9.59 Å². The van der Waals surface area contributed by atoms with Crippen molar-refractivity contribution in [3.8, 4) is 0 Å². The van der Waals surface area contributed by atoms with E-state index in [1.54, 1.807) is 31.3 Å². The van der Waals surface area contributed by atoms with E-state index in [4.69, 9.17) is 0 Å². The maximum Gasteiger partial charge on any atom is 0.253 e. The van der Waals surface area contributed by atoms with Gasteiger partial charge in [-0.25, -0.2) is 0 Å². The van der Waals surface area contributed by atoms with Crippen LogP contribution in [0, 0.1) is 0 Å². The van der Waals surface area contributed by atoms with E-state index in [9.17, 15) is 9.59 Å². The van der Waals surface area contributed by atoms with Crippen molar-refractivity contribution < 1.29 is 9.59 Å². The molecule has 2 aromatic rings. The first-order valence-electron chi connectivity index (χ1n) is 6.49. The van der Waals surface area contributed by atoms with Gasteiger partial charge in [0.15, 0.2) is 0 Å². The molecule has 4 nitrogen and oxygen atoms in total. The number of carbonyl (C=O) groups is 2. The van der Waals surface area contributed by atoms with E-state index < -0.39 is 0 Å². The highest BCUT2D eigenvalue weighted by atomic mass is 32.2. The van der Waals surface area contributed by atoms with Crippen LogP contribution in [-0.4, -0.2) is 24.6 Å². The molecule has 0 aliphatic carbocycles. The Kier molecular flexibility index (Phi) is 5.40. The highest BCUT2D eigenvalue weighted by molar-refractivity contribution is 8.00. The summed E-state index contributed by atoms with van der Waals surface area (Å²) in [5.74, 6) is -0.0617. The Balaban J connectivity index is 1.98. The number of para-hydroxylation sites is 1. The van der Waals surface area contributed by atoms with Crippen molar-refractivity contribution in [3.05, 3.63) is 60.2 Å². The van der Waals surface area contributed by atoms with Gasteiger partial charge in [0, 0.05) is 11.9 Å². The zero-order valence-electron chi connectivity index (χ0n) is 11.6. The molecule has 108 valence electrons. The molecule has 0 aromatic heterocycles. The van der Waals surface area contributed by atoms with Crippen molar-refractivity contribution in [1.29, 1.82) is 0 Å². The number of thioether (sulfide) groups is 1. The molecule has 0 spiro atoms. The van der Waals surface area contributed by atoms with E-state index in [-0.39, 0.29) is 11.8 Å². The summed E-state index contributed by atoms with van der Waals surface area (Å²) >= 11 is 1.46. The van der Waals surface area contributed by atoms with Crippen molar-refractivity contribution in [2.45, 2.75) is 4.90 Å². The van der Waals surface area contributed by atoms with Crippen LogP contribution in [0.5, 0.6) is 0 Å². The van der Waals surface area contributed by atoms with Gasteiger partial charge in [-0.2, -0.15) is 0 Å². The van der Waals surface area contributed by atoms with Crippen molar-refractivity contribution >= 4 is 29.3 Å². The van der Waals surface area contributed by atoms with E-state index in [1.807, 2.05) is 30.3 Å². The molecule has 0 saturated carbocycles. The number of nitrogens with one attached hydrogen (secondary N) is 2. The zero-order chi connectivity index (χ0) is 15.1. The van der Waals surface area contributed by atoms with Gasteiger partial charge < -0.3 is 10.6 Å². The number of hydrogen-bond acceptors (Lipinski definition) is 3. The predicted octanol–water partition coefficient (Wildman–Crippen LogP) is 2.78. The Morgan fingerprint density at radius 2 is 1.67 bits per heavy atom. The summed E-state index contributed by atoms with van der Waals surface area (Å²) in [6.07, 6.45) is 0. The van der Waals surface area contributed by atoms with Crippen LogP contribution in [0.4, 0.5) is 5.69 Å². The summed E-state index contributed by atoms with van der Waals surface area (Å²) in [4.78, 5) is 24.7. The molecule has 0 aliphatic rings. The highest BCUT2D eigenvalue weighted by Gasteiger charge is 2.11. The van der Waals surface area contributed by atoms with Gasteiger partial charge in [-0.05, 0) is 24.3 Å². The van der Waals surface area contributed by atoms with Crippen LogP contribution in [0.1, 0.15) is 10.4 Å². The summed E-state index contributed by atoms with van der Waals surface area (Å²) in [7, 11) is 1.56. The fourth-order valence-corrected chi connectivity index (χ4v) is 2.50. The standard InChI is InChI=1S/C16H16N2O2S/c1-17-16(20)13-9-5-6-10-14(13)18-15(19)11-21-12-7-3-2-4-8-12/h2-10H,11H2,1H3,(H,17,20)(H,18,19). The highest BCUT2D eigenvalue weighted by Crippen LogP contribution is 2.19. The average Bonchev–Trinajstić information content (AvgIpc) is 2.54. The second kappa shape index (κ2) is 7.50. The lowest BCUT2D eigenvalue weighted by molar-refractivity contribution is -0.113. The Morgan fingerprint density at radius 1 is 1.00 bits per heavy atom. The van der Waals surface area contributed by atoms with Gasteiger partial charge in [0.05, 0.1) is 17.0 Å². The lowest BCUT2D eigenvalue weighted by Gasteiger charge is -2.09. The van der Waals surface area contributed by atoms with Gasteiger partial charge in [-0.15, -0.1) is 11.8 Å². The minimum Gasteiger partial charge on any atom is -0.355 e. The lowest BCUT2D eigenvalue weighted by atomic mass is 10.1. The molecule has 0 radical (unpaired) electrons. The van der Waals surface area contributed by atoms with Crippen LogP contribution in [0.25, 0.3) is 0 Å². The Morgan fingerprint density at radius 3 is 2.38 bits per heavy atom. The third-order valence-corrected chi connectivity index (χ3v) is 3.80. The van der Waals surface area contributed by atoms with Gasteiger partial charge in [0.1, 0.15) is 0 Å². The third-order valence-electron chi connectivity index (χ3n) is 2.79. The molecule has 0 saturated heterocycles. The normalized spacial score (nSPS) is 9.95. The van der Waals surface area contributed by atoms with E-state index in [1.165, 1.54) is 11.8 Å². The molecule has 2 rings (SSSR count). The van der Waals surface area contributed by atoms with E-state index in [2.05, 4.69) is 10.6 Å². The number of anilines is 1. The Labute approximate surface area is 127 Å². The molecule has 0 bridgehead atoms. The molecule has 2 N–H and O–H groups in total. The van der Waals surface area contributed by atoms with Crippen LogP contribution in [-0.2, 0) is 4.79 Å². The molecule has 5 heteroatoms. The topological polar surface area (TPSA) is 58.2 Å². The average molecular weight is 300 g/mol. The summed E-state index contributed by atoms with van der Waals surface area (Å²) in [5.41, 5.74) is 0.980. The van der Waals surface area contributed by atoms with Gasteiger partial charge in [-0.1, -0.05) is 30.3 Å². The largest absolute Gasteiger partial charge is 0.355 e. The molecular weight excluding hydrogens is 284 g/mol. The molecule has 0 atom stereocenters. The van der Waals surface area contributed by atoms with Gasteiger partial charge >= 0.3 is 0 Å². The number of amides is 2. The molecule has 21 heavy (non-hydrogen) atoms. The van der Waals surface area contributed by atoms with E-state index >= 15 is 0 Å². The van der Waals surface area contributed by atoms with Crippen molar-refractivity contribution in [2.75, 3.05) is 18.1 Å². The SMILES string of the molecule is CNC(=O)c1ccccc1NC(=O)CSc1ccccc1. The Bertz CT molecular complexity index is 629. The first-order valence-corrected chi connectivity index (χ1v) is 7.48. The maximum absolute atomic E-state index is 12.0. The lowest BCUT2D eigenvalue weighted by Crippen LogP contribution is -2.22. The van der Waals surface area contributed by atoms with E-state index in [0.717, 1.165) is 4.90 Å². The molecule has 0 unspecified atom stereocenters. The predicted molar refractivity (Wildman–Crippen MR) is 85.6 cm³/mol. The first-order chi connectivity index (χ1) is 10.2. The molecule has 2 amide bonds. The summed E-state index contributed by atoms with van der Waals surface area (Å²) < 4.78 is 0. The number of rotatable bonds is 5. The number of hydrogen-bond donors (Lipinski definition) is 2. The first kappa shape index (κ1) is 15.1. The van der Waals surface area contributed by atoms with Crippen LogP contribution in [0.2, 0.25) is 0 Å². The molecule has 0 heterocycles. The molecule has 0 fully saturated rings. The second-order valence-electron chi connectivity index (χ2n) is 4.27. The maximum atomic E-state index is 12.0. The quantitative estimate of drug-likeness (QED) is 0.835. The van der Waals surface area contributed by atoms with Crippen molar-refractivity contribution in [3.63, 3.8) is 0 Å². The fourth-order valence-electron chi connectivity index (χ4n) is 1.78. The minimum absolute atomic E-state index is 0.139. The smallest absolute Gasteiger partial charge is 0.253 e. The van der Waals surface area contributed by atoms with Crippen LogP contribution < -0.4 is 10.6 Å². The van der Waals surface area contributed by atoms with Crippen molar-refractivity contribution in [2.24, 2.45) is 0 Å². The third kappa shape index (κ3) is 4.36. The van der Waals surface area contributed by atoms with E-state index in [0.29, 0.717) is 17.0 Å². The van der Waals surface area contributed by atoms with Gasteiger partial charge in [0.2, 0.25) is 5.91 Å². The fraction of sp³-hybridized carbons (Fsp3) is 0.125. The molecule has 2 aromatic carbocycles. The summed E-state index contributed by atoms with van der Waals surface area (Å²) in [6, 6.07) is 16.7. The molecular formula is C16H16N2O2S. The minimum atomic E-state index is -0.221. The summed E-state index contributed by atoms with van der Waals surface area (Å²) in [6.45, 7) is 0. The van der Waals surface area contributed by atoms with Gasteiger partial charge in [0.25, 0.3) is 5.91 Å². The summed E-state index contributed by atoms with van der Waals surface area (Å²) in [5, 5.41) is 5.33. The van der Waals surface area contributed by atoms with Crippen molar-refractivity contribution in [1.82, 2.24) is 5.32 Å². The van der Waals surface area contributed by atoms with Crippen LogP contribution >= 0.6 is 11.8 Å². The number of carbonyl (C=O) groups excluding carboxylic acids is 2. The van der Waals surface area contributed by atoms with Crippen LogP contribution in [0.15, 0.2) is 59.5 Å².